The molecule has 0 radical (unpaired) electrons. The van der Waals surface area contributed by atoms with Gasteiger partial charge < -0.3 is 9.84 Å². The molecular formula is C13H16N4O. The van der Waals surface area contributed by atoms with Crippen LogP contribution in [-0.4, -0.2) is 21.7 Å². The molecule has 1 N–H and O–H groups in total. The summed E-state index contributed by atoms with van der Waals surface area (Å²) in [7, 11) is 0. The predicted molar refractivity (Wildman–Crippen MR) is 65.9 cm³/mol. The number of hydrogen-bond acceptors (Lipinski definition) is 5. The second-order valence-corrected chi connectivity index (χ2v) is 4.58. The van der Waals surface area contributed by atoms with Crippen molar-refractivity contribution in [2.75, 3.05) is 6.54 Å². The van der Waals surface area contributed by atoms with E-state index in [4.69, 9.17) is 4.52 Å². The summed E-state index contributed by atoms with van der Waals surface area (Å²) >= 11 is 0. The van der Waals surface area contributed by atoms with Crippen molar-refractivity contribution < 1.29 is 4.52 Å². The van der Waals surface area contributed by atoms with E-state index in [-0.39, 0.29) is 6.04 Å². The molecule has 0 bridgehead atoms. The maximum absolute atomic E-state index is 5.30. The highest BCUT2D eigenvalue weighted by Crippen LogP contribution is 2.20. The summed E-state index contributed by atoms with van der Waals surface area (Å²) < 4.78 is 5.30. The van der Waals surface area contributed by atoms with E-state index in [1.54, 1.807) is 12.4 Å². The highest BCUT2D eigenvalue weighted by atomic mass is 16.5. The van der Waals surface area contributed by atoms with Crippen LogP contribution >= 0.6 is 0 Å². The van der Waals surface area contributed by atoms with Crippen molar-refractivity contribution in [3.63, 3.8) is 0 Å². The second-order valence-electron chi connectivity index (χ2n) is 4.58. The highest BCUT2D eigenvalue weighted by Gasteiger charge is 2.20. The molecule has 3 rings (SSSR count). The summed E-state index contributed by atoms with van der Waals surface area (Å²) in [6.45, 7) is 1.04. The van der Waals surface area contributed by atoms with Crippen LogP contribution < -0.4 is 5.32 Å². The van der Waals surface area contributed by atoms with Gasteiger partial charge in [-0.05, 0) is 37.1 Å². The maximum atomic E-state index is 5.30. The number of nitrogens with zero attached hydrogens (tertiary/aromatic N) is 3. The van der Waals surface area contributed by atoms with Crippen LogP contribution in [0.25, 0.3) is 0 Å². The van der Waals surface area contributed by atoms with Crippen molar-refractivity contribution in [3.05, 3.63) is 41.8 Å². The van der Waals surface area contributed by atoms with Gasteiger partial charge in [-0.15, -0.1) is 0 Å². The fourth-order valence-corrected chi connectivity index (χ4v) is 2.23. The van der Waals surface area contributed by atoms with E-state index in [1.165, 1.54) is 12.8 Å². The molecule has 3 heterocycles. The van der Waals surface area contributed by atoms with Crippen LogP contribution in [0.4, 0.5) is 0 Å². The Morgan fingerprint density at radius 1 is 1.28 bits per heavy atom. The topological polar surface area (TPSA) is 63.8 Å². The van der Waals surface area contributed by atoms with Gasteiger partial charge in [-0.3, -0.25) is 4.98 Å². The summed E-state index contributed by atoms with van der Waals surface area (Å²) in [6, 6.07) is 4.18. The van der Waals surface area contributed by atoms with Crippen LogP contribution in [0.5, 0.6) is 0 Å². The average Bonchev–Trinajstić information content (AvgIpc) is 2.89. The molecule has 1 saturated heterocycles. The monoisotopic (exact) mass is 244 g/mol. The second kappa shape index (κ2) is 5.27. The van der Waals surface area contributed by atoms with Gasteiger partial charge in [0.1, 0.15) is 0 Å². The maximum Gasteiger partial charge on any atom is 0.231 e. The van der Waals surface area contributed by atoms with E-state index >= 15 is 0 Å². The summed E-state index contributed by atoms with van der Waals surface area (Å²) in [5.41, 5.74) is 1.14. The lowest BCUT2D eigenvalue weighted by Gasteiger charge is -2.19. The van der Waals surface area contributed by atoms with Gasteiger partial charge in [-0.1, -0.05) is 11.6 Å². The highest BCUT2D eigenvalue weighted by molar-refractivity contribution is 5.14. The standard InChI is InChI=1S/C13H16N4O/c1-2-6-15-11(3-1)13-16-12(18-17-13)9-10-4-7-14-8-5-10/h4-5,7-8,11,15H,1-3,6,9H2. The molecule has 0 aliphatic carbocycles. The summed E-state index contributed by atoms with van der Waals surface area (Å²) in [6.07, 6.45) is 7.77. The average molecular weight is 244 g/mol. The smallest absolute Gasteiger partial charge is 0.231 e. The quantitative estimate of drug-likeness (QED) is 0.893. The van der Waals surface area contributed by atoms with Crippen molar-refractivity contribution in [2.45, 2.75) is 31.7 Å². The fraction of sp³-hybridized carbons (Fsp3) is 0.462. The number of nitrogens with one attached hydrogen (secondary N) is 1. The first kappa shape index (κ1) is 11.3. The zero-order chi connectivity index (χ0) is 12.2. The van der Waals surface area contributed by atoms with Crippen molar-refractivity contribution >= 4 is 0 Å². The van der Waals surface area contributed by atoms with Crippen LogP contribution in [0.15, 0.2) is 29.0 Å². The molecule has 0 aromatic carbocycles. The van der Waals surface area contributed by atoms with Gasteiger partial charge >= 0.3 is 0 Å². The molecule has 2 aromatic rings. The molecule has 18 heavy (non-hydrogen) atoms. The van der Waals surface area contributed by atoms with Gasteiger partial charge in [0.15, 0.2) is 5.82 Å². The molecule has 1 unspecified atom stereocenters. The largest absolute Gasteiger partial charge is 0.339 e. The predicted octanol–water partition coefficient (Wildman–Crippen LogP) is 1.87. The van der Waals surface area contributed by atoms with Crippen molar-refractivity contribution in [3.8, 4) is 0 Å². The van der Waals surface area contributed by atoms with Crippen LogP contribution in [0.2, 0.25) is 0 Å². The molecule has 5 nitrogen and oxygen atoms in total. The van der Waals surface area contributed by atoms with E-state index in [0.29, 0.717) is 12.3 Å². The Labute approximate surface area is 106 Å². The Hall–Kier alpha value is -1.75. The Bertz CT molecular complexity index is 491. The third-order valence-electron chi connectivity index (χ3n) is 3.21. The third-order valence-corrected chi connectivity index (χ3v) is 3.21. The summed E-state index contributed by atoms with van der Waals surface area (Å²) in [5, 5.41) is 7.49. The zero-order valence-electron chi connectivity index (χ0n) is 10.2. The van der Waals surface area contributed by atoms with Gasteiger partial charge in [0, 0.05) is 12.4 Å². The van der Waals surface area contributed by atoms with Gasteiger partial charge in [0.05, 0.1) is 12.5 Å². The van der Waals surface area contributed by atoms with Crippen LogP contribution in [0, 0.1) is 0 Å². The van der Waals surface area contributed by atoms with Gasteiger partial charge in [0.25, 0.3) is 0 Å². The van der Waals surface area contributed by atoms with E-state index in [1.807, 2.05) is 12.1 Å². The lowest BCUT2D eigenvalue weighted by molar-refractivity contribution is 0.351. The van der Waals surface area contributed by atoms with Crippen molar-refractivity contribution in [1.82, 2.24) is 20.4 Å². The lowest BCUT2D eigenvalue weighted by Crippen LogP contribution is -2.27. The van der Waals surface area contributed by atoms with Crippen molar-refractivity contribution in [2.24, 2.45) is 0 Å². The van der Waals surface area contributed by atoms with E-state index in [2.05, 4.69) is 20.4 Å². The number of rotatable bonds is 3. The molecule has 0 spiro atoms. The first-order valence-electron chi connectivity index (χ1n) is 6.36. The Morgan fingerprint density at radius 2 is 2.17 bits per heavy atom. The molecule has 0 saturated carbocycles. The van der Waals surface area contributed by atoms with E-state index in [9.17, 15) is 0 Å². The van der Waals surface area contributed by atoms with Crippen LogP contribution in [0.3, 0.4) is 0 Å². The van der Waals surface area contributed by atoms with Gasteiger partial charge in [0.2, 0.25) is 5.89 Å². The fourth-order valence-electron chi connectivity index (χ4n) is 2.23. The Kier molecular flexibility index (Phi) is 3.32. The molecular weight excluding hydrogens is 228 g/mol. The molecule has 1 aliphatic heterocycles. The van der Waals surface area contributed by atoms with Crippen LogP contribution in [-0.2, 0) is 6.42 Å². The molecule has 1 aliphatic rings. The molecule has 2 aromatic heterocycles. The van der Waals surface area contributed by atoms with Crippen molar-refractivity contribution in [1.29, 1.82) is 0 Å². The summed E-state index contributed by atoms with van der Waals surface area (Å²) in [4.78, 5) is 8.46. The third kappa shape index (κ3) is 2.56. The molecule has 94 valence electrons. The van der Waals surface area contributed by atoms with Gasteiger partial charge in [-0.25, -0.2) is 0 Å². The number of piperidine rings is 1. The van der Waals surface area contributed by atoms with E-state index < -0.39 is 0 Å². The number of pyridine rings is 1. The minimum Gasteiger partial charge on any atom is -0.339 e. The zero-order valence-corrected chi connectivity index (χ0v) is 10.2. The minimum atomic E-state index is 0.258. The van der Waals surface area contributed by atoms with Gasteiger partial charge in [-0.2, -0.15) is 4.98 Å². The Morgan fingerprint density at radius 3 is 2.94 bits per heavy atom. The number of hydrogen-bond donors (Lipinski definition) is 1. The summed E-state index contributed by atoms with van der Waals surface area (Å²) in [5.74, 6) is 1.46. The first-order valence-corrected chi connectivity index (χ1v) is 6.36. The van der Waals surface area contributed by atoms with Crippen LogP contribution in [0.1, 0.15) is 42.6 Å². The molecule has 1 fully saturated rings. The Balaban J connectivity index is 1.69. The number of aromatic nitrogens is 3. The van der Waals surface area contributed by atoms with E-state index in [0.717, 1.165) is 24.4 Å². The normalized spacial score (nSPS) is 19.9. The minimum absolute atomic E-state index is 0.258. The lowest BCUT2D eigenvalue weighted by atomic mass is 10.0. The SMILES string of the molecule is c1cc(Cc2nc(C3CCCCN3)no2)ccn1. The molecule has 0 amide bonds. The molecule has 1 atom stereocenters. The first-order chi connectivity index (χ1) is 8.92. The molecule has 5 heteroatoms.